The molecule has 0 aliphatic rings. The molecule has 4 heteroatoms. The molecule has 0 saturated carbocycles. The zero-order chi connectivity index (χ0) is 16.9. The van der Waals surface area contributed by atoms with Crippen LogP contribution in [0, 0.1) is 5.82 Å². The average molecular weight is 315 g/mol. The van der Waals surface area contributed by atoms with Crippen LogP contribution in [0.25, 0.3) is 0 Å². The lowest BCUT2D eigenvalue weighted by atomic mass is 9.83. The molecule has 2 aromatic carbocycles. The summed E-state index contributed by atoms with van der Waals surface area (Å²) in [6.45, 7) is 4.21. The summed E-state index contributed by atoms with van der Waals surface area (Å²) in [4.78, 5) is 12.4. The Morgan fingerprint density at radius 3 is 2.52 bits per heavy atom. The molecule has 0 heterocycles. The van der Waals surface area contributed by atoms with Gasteiger partial charge in [-0.2, -0.15) is 0 Å². The number of rotatable bonds is 6. The lowest BCUT2D eigenvalue weighted by Crippen LogP contribution is -2.40. The number of methoxy groups -OCH3 is 1. The van der Waals surface area contributed by atoms with Crippen LogP contribution in [0.2, 0.25) is 0 Å². The summed E-state index contributed by atoms with van der Waals surface area (Å²) in [5.41, 5.74) is 1.18. The highest BCUT2D eigenvalue weighted by molar-refractivity contribution is 5.87. The Balaban J connectivity index is 1.94. The van der Waals surface area contributed by atoms with Gasteiger partial charge < -0.3 is 10.1 Å². The lowest BCUT2D eigenvalue weighted by molar-refractivity contribution is -0.125. The third-order valence-corrected chi connectivity index (χ3v) is 3.97. The molecule has 0 radical (unpaired) electrons. The quantitative estimate of drug-likeness (QED) is 0.886. The van der Waals surface area contributed by atoms with Crippen molar-refractivity contribution in [3.63, 3.8) is 0 Å². The van der Waals surface area contributed by atoms with E-state index in [1.807, 2.05) is 38.1 Å². The number of hydrogen-bond acceptors (Lipinski definition) is 2. The van der Waals surface area contributed by atoms with E-state index in [1.54, 1.807) is 19.2 Å². The first kappa shape index (κ1) is 17.0. The summed E-state index contributed by atoms with van der Waals surface area (Å²) in [5, 5.41) is 2.95. The Morgan fingerprint density at radius 1 is 1.17 bits per heavy atom. The SMILES string of the molecule is COc1cccc(CCNC(=O)C(C)(C)c2ccc(F)cc2)c1. The van der Waals surface area contributed by atoms with E-state index in [4.69, 9.17) is 4.74 Å². The third kappa shape index (κ3) is 4.31. The summed E-state index contributed by atoms with van der Waals surface area (Å²) < 4.78 is 18.2. The molecule has 0 spiro atoms. The zero-order valence-corrected chi connectivity index (χ0v) is 13.7. The van der Waals surface area contributed by atoms with Crippen molar-refractivity contribution in [1.82, 2.24) is 5.32 Å². The first-order valence-electron chi connectivity index (χ1n) is 7.61. The fourth-order valence-corrected chi connectivity index (χ4v) is 2.37. The van der Waals surface area contributed by atoms with Gasteiger partial charge in [0.2, 0.25) is 5.91 Å². The number of amides is 1. The van der Waals surface area contributed by atoms with Crippen molar-refractivity contribution in [2.45, 2.75) is 25.7 Å². The molecule has 0 bridgehead atoms. The molecule has 0 aliphatic carbocycles. The fourth-order valence-electron chi connectivity index (χ4n) is 2.37. The van der Waals surface area contributed by atoms with Crippen LogP contribution in [0.3, 0.4) is 0 Å². The summed E-state index contributed by atoms with van der Waals surface area (Å²) >= 11 is 0. The van der Waals surface area contributed by atoms with E-state index in [0.29, 0.717) is 6.54 Å². The molecule has 0 unspecified atom stereocenters. The molecule has 2 rings (SSSR count). The Hall–Kier alpha value is -2.36. The van der Waals surface area contributed by atoms with Crippen molar-refractivity contribution in [2.24, 2.45) is 0 Å². The highest BCUT2D eigenvalue weighted by Gasteiger charge is 2.29. The van der Waals surface area contributed by atoms with E-state index in [-0.39, 0.29) is 11.7 Å². The number of carbonyl (C=O) groups is 1. The first-order chi connectivity index (χ1) is 10.9. The second-order valence-electron chi connectivity index (χ2n) is 5.99. The van der Waals surface area contributed by atoms with Gasteiger partial charge in [-0.15, -0.1) is 0 Å². The molecule has 0 saturated heterocycles. The maximum atomic E-state index is 13.0. The topological polar surface area (TPSA) is 38.3 Å². The molecule has 0 atom stereocenters. The summed E-state index contributed by atoms with van der Waals surface area (Å²) in [6.07, 6.45) is 0.725. The van der Waals surface area contributed by atoms with Gasteiger partial charge >= 0.3 is 0 Å². The monoisotopic (exact) mass is 315 g/mol. The molecule has 0 aliphatic heterocycles. The van der Waals surface area contributed by atoms with E-state index in [0.717, 1.165) is 23.3 Å². The van der Waals surface area contributed by atoms with Crippen LogP contribution in [-0.4, -0.2) is 19.6 Å². The van der Waals surface area contributed by atoms with Crippen LogP contribution in [0.15, 0.2) is 48.5 Å². The van der Waals surface area contributed by atoms with Crippen LogP contribution < -0.4 is 10.1 Å². The van der Waals surface area contributed by atoms with Gasteiger partial charge in [-0.05, 0) is 55.7 Å². The van der Waals surface area contributed by atoms with E-state index in [1.165, 1.54) is 12.1 Å². The standard InChI is InChI=1S/C19H22FNO2/c1-19(2,15-7-9-16(20)10-8-15)18(22)21-12-11-14-5-4-6-17(13-14)23-3/h4-10,13H,11-12H2,1-3H3,(H,21,22). The minimum atomic E-state index is -0.706. The van der Waals surface area contributed by atoms with Crippen LogP contribution in [0.1, 0.15) is 25.0 Å². The first-order valence-corrected chi connectivity index (χ1v) is 7.61. The van der Waals surface area contributed by atoms with E-state index in [9.17, 15) is 9.18 Å². The number of ether oxygens (including phenoxy) is 1. The van der Waals surface area contributed by atoms with Crippen molar-refractivity contribution in [1.29, 1.82) is 0 Å². The second kappa shape index (κ2) is 7.27. The Labute approximate surface area is 136 Å². The van der Waals surface area contributed by atoms with E-state index in [2.05, 4.69) is 5.32 Å². The maximum absolute atomic E-state index is 13.0. The Morgan fingerprint density at radius 2 is 1.87 bits per heavy atom. The average Bonchev–Trinajstić information content (AvgIpc) is 2.55. The zero-order valence-electron chi connectivity index (χ0n) is 13.7. The van der Waals surface area contributed by atoms with Crippen molar-refractivity contribution in [3.8, 4) is 5.75 Å². The van der Waals surface area contributed by atoms with Gasteiger partial charge in [-0.1, -0.05) is 24.3 Å². The minimum absolute atomic E-state index is 0.0768. The lowest BCUT2D eigenvalue weighted by Gasteiger charge is -2.24. The van der Waals surface area contributed by atoms with Crippen LogP contribution in [0.5, 0.6) is 5.75 Å². The molecular formula is C19H22FNO2. The number of nitrogens with one attached hydrogen (secondary N) is 1. The van der Waals surface area contributed by atoms with Gasteiger partial charge in [-0.3, -0.25) is 4.79 Å². The van der Waals surface area contributed by atoms with Gasteiger partial charge in [0.05, 0.1) is 12.5 Å². The second-order valence-corrected chi connectivity index (χ2v) is 5.99. The van der Waals surface area contributed by atoms with Gasteiger partial charge in [0.1, 0.15) is 11.6 Å². The number of benzene rings is 2. The molecule has 1 amide bonds. The van der Waals surface area contributed by atoms with Crippen LogP contribution >= 0.6 is 0 Å². The Bertz CT molecular complexity index is 665. The van der Waals surface area contributed by atoms with Gasteiger partial charge in [0, 0.05) is 6.54 Å². The van der Waals surface area contributed by atoms with Crippen LogP contribution in [-0.2, 0) is 16.6 Å². The van der Waals surface area contributed by atoms with Crippen molar-refractivity contribution >= 4 is 5.91 Å². The molecule has 0 aromatic heterocycles. The highest BCUT2D eigenvalue weighted by Crippen LogP contribution is 2.23. The molecular weight excluding hydrogens is 293 g/mol. The number of hydrogen-bond donors (Lipinski definition) is 1. The van der Waals surface area contributed by atoms with Gasteiger partial charge in [-0.25, -0.2) is 4.39 Å². The molecule has 2 aromatic rings. The van der Waals surface area contributed by atoms with Crippen molar-refractivity contribution in [2.75, 3.05) is 13.7 Å². The minimum Gasteiger partial charge on any atom is -0.497 e. The Kier molecular flexibility index (Phi) is 5.37. The van der Waals surface area contributed by atoms with Crippen molar-refractivity contribution < 1.29 is 13.9 Å². The third-order valence-electron chi connectivity index (χ3n) is 3.97. The smallest absolute Gasteiger partial charge is 0.230 e. The van der Waals surface area contributed by atoms with E-state index < -0.39 is 5.41 Å². The maximum Gasteiger partial charge on any atom is 0.230 e. The summed E-state index contributed by atoms with van der Waals surface area (Å²) in [6, 6.07) is 13.8. The molecule has 23 heavy (non-hydrogen) atoms. The normalized spacial score (nSPS) is 11.1. The molecule has 122 valence electrons. The van der Waals surface area contributed by atoms with Gasteiger partial charge in [0.15, 0.2) is 0 Å². The number of carbonyl (C=O) groups excluding carboxylic acids is 1. The number of halogens is 1. The predicted octanol–water partition coefficient (Wildman–Crippen LogP) is 3.47. The molecule has 3 nitrogen and oxygen atoms in total. The van der Waals surface area contributed by atoms with Crippen molar-refractivity contribution in [3.05, 3.63) is 65.5 Å². The largest absolute Gasteiger partial charge is 0.497 e. The summed E-state index contributed by atoms with van der Waals surface area (Å²) in [5.74, 6) is 0.426. The molecule has 0 fully saturated rings. The predicted molar refractivity (Wildman–Crippen MR) is 89.1 cm³/mol. The summed E-state index contributed by atoms with van der Waals surface area (Å²) in [7, 11) is 1.63. The van der Waals surface area contributed by atoms with Crippen LogP contribution in [0.4, 0.5) is 4.39 Å². The molecule has 1 N–H and O–H groups in total. The fraction of sp³-hybridized carbons (Fsp3) is 0.316. The highest BCUT2D eigenvalue weighted by atomic mass is 19.1. The van der Waals surface area contributed by atoms with Gasteiger partial charge in [0.25, 0.3) is 0 Å². The van der Waals surface area contributed by atoms with E-state index >= 15 is 0 Å².